The Balaban J connectivity index is 1.98. The van der Waals surface area contributed by atoms with Gasteiger partial charge >= 0.3 is 0 Å². The molecule has 2 fully saturated rings. The standard InChI is InChI=1S/C30H60O5Si2/c1-14-29(10,35-37(15-2,16-3)17-4)20-18-25-26(32-25)19-21-30(11,34-36(12,13)27(5,6)7)22-24-23-31-28(8,9)33-24/h14,24-26H,1,15-23H2,2-13H3/t24-,25+,26+,29+,30+/m1/s1. The molecule has 2 aliphatic heterocycles. The Kier molecular flexibility index (Phi) is 11.0. The van der Waals surface area contributed by atoms with E-state index in [0.29, 0.717) is 18.8 Å². The Morgan fingerprint density at radius 2 is 1.46 bits per heavy atom. The predicted molar refractivity (Wildman–Crippen MR) is 160 cm³/mol. The van der Waals surface area contributed by atoms with E-state index in [4.69, 9.17) is 23.1 Å². The van der Waals surface area contributed by atoms with Crippen molar-refractivity contribution in [3.8, 4) is 0 Å². The maximum atomic E-state index is 7.08. The van der Waals surface area contributed by atoms with Crippen LogP contribution in [0.3, 0.4) is 0 Å². The van der Waals surface area contributed by atoms with E-state index in [1.807, 2.05) is 19.9 Å². The molecular formula is C30H60O5Si2. The first kappa shape index (κ1) is 33.2. The summed E-state index contributed by atoms with van der Waals surface area (Å²) < 4.78 is 32.2. The lowest BCUT2D eigenvalue weighted by molar-refractivity contribution is -0.144. The molecule has 2 rings (SSSR count). The smallest absolute Gasteiger partial charge is 0.193 e. The summed E-state index contributed by atoms with van der Waals surface area (Å²) in [6.45, 7) is 31.7. The van der Waals surface area contributed by atoms with E-state index in [2.05, 4.69) is 75.1 Å². The van der Waals surface area contributed by atoms with E-state index in [0.717, 1.165) is 50.2 Å². The van der Waals surface area contributed by atoms with E-state index in [-0.39, 0.29) is 22.3 Å². The third-order valence-electron chi connectivity index (χ3n) is 9.42. The summed E-state index contributed by atoms with van der Waals surface area (Å²) in [4.78, 5) is 0. The Morgan fingerprint density at radius 3 is 1.89 bits per heavy atom. The second-order valence-electron chi connectivity index (χ2n) is 14.1. The first-order valence-electron chi connectivity index (χ1n) is 14.9. The lowest BCUT2D eigenvalue weighted by atomic mass is 9.91. The summed E-state index contributed by atoms with van der Waals surface area (Å²) in [5, 5.41) is 0.155. The fourth-order valence-electron chi connectivity index (χ4n) is 5.53. The summed E-state index contributed by atoms with van der Waals surface area (Å²) >= 11 is 0. The van der Waals surface area contributed by atoms with Crippen molar-refractivity contribution < 1.29 is 23.1 Å². The highest BCUT2D eigenvalue weighted by atomic mass is 28.4. The molecule has 0 aromatic carbocycles. The van der Waals surface area contributed by atoms with Gasteiger partial charge in [-0.05, 0) is 89.6 Å². The van der Waals surface area contributed by atoms with Gasteiger partial charge in [-0.15, -0.1) is 6.58 Å². The zero-order valence-electron chi connectivity index (χ0n) is 26.4. The highest BCUT2D eigenvalue weighted by Gasteiger charge is 2.48. The van der Waals surface area contributed by atoms with Gasteiger partial charge in [0.25, 0.3) is 0 Å². The second-order valence-corrected chi connectivity index (χ2v) is 23.5. The SMILES string of the molecule is C=C[C@@](C)(CC[C@@H]1O[C@H]1CC[C@@](C)(C[C@@H]1COC(C)(C)O1)O[Si](C)(C)C(C)(C)C)O[Si](CC)(CC)CC. The number of hydrogen-bond donors (Lipinski definition) is 0. The topological polar surface area (TPSA) is 49.5 Å². The van der Waals surface area contributed by atoms with E-state index >= 15 is 0 Å². The van der Waals surface area contributed by atoms with Crippen LogP contribution in [0, 0.1) is 0 Å². The van der Waals surface area contributed by atoms with Crippen LogP contribution in [-0.2, 0) is 23.1 Å². The van der Waals surface area contributed by atoms with E-state index in [1.54, 1.807) is 0 Å². The van der Waals surface area contributed by atoms with Gasteiger partial charge in [0.2, 0.25) is 0 Å². The average Bonchev–Trinajstić information content (AvgIpc) is 3.47. The van der Waals surface area contributed by atoms with Crippen LogP contribution >= 0.6 is 0 Å². The van der Waals surface area contributed by atoms with Crippen molar-refractivity contribution in [1.82, 2.24) is 0 Å². The van der Waals surface area contributed by atoms with Crippen LogP contribution in [0.5, 0.6) is 0 Å². The van der Waals surface area contributed by atoms with Crippen LogP contribution in [0.25, 0.3) is 0 Å². The van der Waals surface area contributed by atoms with Crippen LogP contribution in [0.2, 0.25) is 36.3 Å². The Morgan fingerprint density at radius 1 is 0.919 bits per heavy atom. The summed E-state index contributed by atoms with van der Waals surface area (Å²) in [5.41, 5.74) is -0.529. The molecule has 0 bridgehead atoms. The molecule has 2 saturated heterocycles. The van der Waals surface area contributed by atoms with Gasteiger partial charge in [-0.1, -0.05) is 47.6 Å². The fourth-order valence-corrected chi connectivity index (χ4v) is 10.4. The minimum Gasteiger partial charge on any atom is -0.412 e. The Labute approximate surface area is 231 Å². The van der Waals surface area contributed by atoms with Crippen molar-refractivity contribution in [3.63, 3.8) is 0 Å². The zero-order valence-corrected chi connectivity index (χ0v) is 28.4. The van der Waals surface area contributed by atoms with E-state index < -0.39 is 22.4 Å². The van der Waals surface area contributed by atoms with Crippen molar-refractivity contribution in [1.29, 1.82) is 0 Å². The first-order chi connectivity index (χ1) is 16.9. The third-order valence-corrected chi connectivity index (χ3v) is 18.8. The number of ether oxygens (including phenoxy) is 3. The molecule has 0 amide bonds. The maximum Gasteiger partial charge on any atom is 0.193 e. The minimum absolute atomic E-state index is 0.0614. The van der Waals surface area contributed by atoms with Gasteiger partial charge in [0.1, 0.15) is 0 Å². The van der Waals surface area contributed by atoms with Gasteiger partial charge in [0.15, 0.2) is 22.4 Å². The zero-order chi connectivity index (χ0) is 28.3. The van der Waals surface area contributed by atoms with Crippen molar-refractivity contribution in [2.24, 2.45) is 0 Å². The molecule has 0 aromatic heterocycles. The van der Waals surface area contributed by atoms with Crippen LogP contribution in [0.4, 0.5) is 0 Å². The summed E-state index contributed by atoms with van der Waals surface area (Å²) in [5.74, 6) is -0.513. The molecular weight excluding hydrogens is 496 g/mol. The van der Waals surface area contributed by atoms with Crippen LogP contribution in [-0.4, -0.2) is 58.5 Å². The lowest BCUT2D eigenvalue weighted by Crippen LogP contribution is -2.50. The first-order valence-corrected chi connectivity index (χ1v) is 20.3. The Hall–Kier alpha value is -0.0262. The van der Waals surface area contributed by atoms with Gasteiger partial charge in [0, 0.05) is 6.42 Å². The largest absolute Gasteiger partial charge is 0.412 e. The highest BCUT2D eigenvalue weighted by molar-refractivity contribution is 6.74. The molecule has 7 heteroatoms. The fraction of sp³-hybridized carbons (Fsp3) is 0.933. The molecule has 0 unspecified atom stereocenters. The van der Waals surface area contributed by atoms with Crippen LogP contribution in [0.1, 0.15) is 101 Å². The van der Waals surface area contributed by atoms with Crippen molar-refractivity contribution in [3.05, 3.63) is 12.7 Å². The molecule has 0 aliphatic carbocycles. The molecule has 0 spiro atoms. The van der Waals surface area contributed by atoms with Crippen LogP contribution < -0.4 is 0 Å². The van der Waals surface area contributed by atoms with Crippen molar-refractivity contribution >= 4 is 16.6 Å². The number of rotatable bonds is 16. The van der Waals surface area contributed by atoms with Crippen LogP contribution in [0.15, 0.2) is 12.7 Å². The normalized spacial score (nSPS) is 27.5. The van der Waals surface area contributed by atoms with Gasteiger partial charge in [0.05, 0.1) is 36.1 Å². The summed E-state index contributed by atoms with van der Waals surface area (Å²) in [7, 11) is -3.65. The molecule has 0 radical (unpaired) electrons. The molecule has 0 N–H and O–H groups in total. The van der Waals surface area contributed by atoms with Gasteiger partial charge in [-0.25, -0.2) is 0 Å². The lowest BCUT2D eigenvalue weighted by Gasteiger charge is -2.45. The van der Waals surface area contributed by atoms with E-state index in [9.17, 15) is 0 Å². The van der Waals surface area contributed by atoms with Crippen molar-refractivity contribution in [2.45, 2.75) is 173 Å². The number of hydrogen-bond acceptors (Lipinski definition) is 5. The molecule has 37 heavy (non-hydrogen) atoms. The van der Waals surface area contributed by atoms with Gasteiger partial charge < -0.3 is 23.1 Å². The van der Waals surface area contributed by atoms with Gasteiger partial charge in [-0.3, -0.25) is 0 Å². The van der Waals surface area contributed by atoms with Gasteiger partial charge in [-0.2, -0.15) is 0 Å². The predicted octanol–water partition coefficient (Wildman–Crippen LogP) is 8.60. The average molecular weight is 557 g/mol. The molecule has 0 aromatic rings. The second kappa shape index (κ2) is 12.2. The molecule has 2 heterocycles. The molecule has 0 saturated carbocycles. The van der Waals surface area contributed by atoms with E-state index in [1.165, 1.54) is 0 Å². The summed E-state index contributed by atoms with van der Waals surface area (Å²) in [6, 6.07) is 3.48. The monoisotopic (exact) mass is 556 g/mol. The van der Waals surface area contributed by atoms with Crippen molar-refractivity contribution in [2.75, 3.05) is 6.61 Å². The third kappa shape index (κ3) is 9.26. The minimum atomic E-state index is -1.96. The molecule has 2 aliphatic rings. The highest BCUT2D eigenvalue weighted by Crippen LogP contribution is 2.44. The quantitative estimate of drug-likeness (QED) is 0.108. The number of epoxide rings is 1. The molecule has 5 atom stereocenters. The summed E-state index contributed by atoms with van der Waals surface area (Å²) in [6.07, 6.45) is 7.51. The maximum absolute atomic E-state index is 7.08. The molecule has 218 valence electrons. The molecule has 5 nitrogen and oxygen atoms in total. The Bertz CT molecular complexity index is 736.